The topological polar surface area (TPSA) is 82.1 Å². The van der Waals surface area contributed by atoms with Crippen molar-refractivity contribution in [1.29, 1.82) is 0 Å². The number of hydrogen-bond donors (Lipinski definition) is 2. The fourth-order valence-electron chi connectivity index (χ4n) is 2.68. The number of carbonyl (C=O) groups is 2. The van der Waals surface area contributed by atoms with Crippen LogP contribution in [-0.2, 0) is 4.79 Å². The van der Waals surface area contributed by atoms with E-state index in [1.807, 2.05) is 11.9 Å². The van der Waals surface area contributed by atoms with E-state index < -0.39 is 5.54 Å². The Balaban J connectivity index is 2.14. The fourth-order valence-corrected chi connectivity index (χ4v) is 2.68. The summed E-state index contributed by atoms with van der Waals surface area (Å²) in [6.07, 6.45) is 0.241. The van der Waals surface area contributed by atoms with Gasteiger partial charge in [-0.05, 0) is 32.0 Å². The second kappa shape index (κ2) is 7.31. The third-order valence-corrected chi connectivity index (χ3v) is 4.27. The summed E-state index contributed by atoms with van der Waals surface area (Å²) < 4.78 is 5.76. The lowest BCUT2D eigenvalue weighted by atomic mass is 10.0. The van der Waals surface area contributed by atoms with Crippen molar-refractivity contribution in [2.45, 2.75) is 31.8 Å². The Labute approximate surface area is 148 Å². The first kappa shape index (κ1) is 19.1. The molecule has 0 saturated carbocycles. The molecule has 2 N–H and O–H groups in total. The Bertz CT molecular complexity index is 658. The van der Waals surface area contributed by atoms with E-state index in [2.05, 4.69) is 5.32 Å². The number of anilines is 1. The number of aliphatic hydroxyl groups is 1. The lowest BCUT2D eigenvalue weighted by Crippen LogP contribution is -2.50. The maximum absolute atomic E-state index is 12.2. The molecule has 138 valence electrons. The maximum Gasteiger partial charge on any atom is 0.253 e. The average Bonchev–Trinajstić information content (AvgIpc) is 2.56. The lowest BCUT2D eigenvalue weighted by molar-refractivity contribution is -0.123. The van der Waals surface area contributed by atoms with Gasteiger partial charge in [0.1, 0.15) is 12.4 Å². The highest BCUT2D eigenvalue weighted by molar-refractivity contribution is 5.95. The van der Waals surface area contributed by atoms with Crippen LogP contribution in [0.1, 0.15) is 30.6 Å². The first-order valence-corrected chi connectivity index (χ1v) is 8.28. The van der Waals surface area contributed by atoms with Gasteiger partial charge in [-0.15, -0.1) is 0 Å². The molecule has 7 nitrogen and oxygen atoms in total. The van der Waals surface area contributed by atoms with Crippen molar-refractivity contribution in [3.63, 3.8) is 0 Å². The molecule has 2 rings (SSSR count). The summed E-state index contributed by atoms with van der Waals surface area (Å²) in [5, 5.41) is 12.1. The van der Waals surface area contributed by atoms with Gasteiger partial charge in [-0.1, -0.05) is 0 Å². The Kier molecular flexibility index (Phi) is 5.57. The number of amides is 2. The van der Waals surface area contributed by atoms with Crippen molar-refractivity contribution >= 4 is 17.5 Å². The van der Waals surface area contributed by atoms with Crippen LogP contribution in [0.25, 0.3) is 0 Å². The number of benzene rings is 1. The molecule has 2 amide bonds. The summed E-state index contributed by atoms with van der Waals surface area (Å²) in [6, 6.07) is 5.17. The second-order valence-corrected chi connectivity index (χ2v) is 7.25. The predicted octanol–water partition coefficient (Wildman–Crippen LogP) is 0.863. The quantitative estimate of drug-likeness (QED) is 0.824. The molecule has 0 unspecified atom stereocenters. The highest BCUT2D eigenvalue weighted by Crippen LogP contribution is 2.34. The Hall–Kier alpha value is -2.28. The van der Waals surface area contributed by atoms with Crippen LogP contribution >= 0.6 is 0 Å². The van der Waals surface area contributed by atoms with E-state index in [1.54, 1.807) is 46.1 Å². The molecule has 1 atom stereocenters. The number of nitrogens with zero attached hydrogens (tertiary/aromatic N) is 2. The molecule has 7 heteroatoms. The molecule has 0 radical (unpaired) electrons. The summed E-state index contributed by atoms with van der Waals surface area (Å²) >= 11 is 0. The predicted molar refractivity (Wildman–Crippen MR) is 96.1 cm³/mol. The number of aliphatic hydroxyl groups excluding tert-OH is 1. The summed E-state index contributed by atoms with van der Waals surface area (Å²) in [7, 11) is 5.30. The highest BCUT2D eigenvalue weighted by atomic mass is 16.5. The van der Waals surface area contributed by atoms with E-state index in [4.69, 9.17) is 4.74 Å². The van der Waals surface area contributed by atoms with Gasteiger partial charge >= 0.3 is 0 Å². The van der Waals surface area contributed by atoms with Gasteiger partial charge in [0.25, 0.3) is 5.91 Å². The van der Waals surface area contributed by atoms with Crippen LogP contribution in [-0.4, -0.2) is 67.8 Å². The summed E-state index contributed by atoms with van der Waals surface area (Å²) in [6.45, 7) is 3.78. The second-order valence-electron chi connectivity index (χ2n) is 7.25. The van der Waals surface area contributed by atoms with Gasteiger partial charge in [-0.3, -0.25) is 9.59 Å². The van der Waals surface area contributed by atoms with Crippen LogP contribution in [0.15, 0.2) is 18.2 Å². The first-order chi connectivity index (χ1) is 11.6. The van der Waals surface area contributed by atoms with Crippen LogP contribution in [0.5, 0.6) is 5.75 Å². The van der Waals surface area contributed by atoms with Crippen molar-refractivity contribution in [2.75, 3.05) is 39.3 Å². The van der Waals surface area contributed by atoms with E-state index in [9.17, 15) is 14.7 Å². The smallest absolute Gasteiger partial charge is 0.253 e. The highest BCUT2D eigenvalue weighted by Gasteiger charge is 2.29. The van der Waals surface area contributed by atoms with E-state index in [0.29, 0.717) is 17.9 Å². The largest absolute Gasteiger partial charge is 0.489 e. The molecule has 0 aromatic heterocycles. The van der Waals surface area contributed by atoms with E-state index in [1.165, 1.54) is 4.90 Å². The Morgan fingerprint density at radius 2 is 2.08 bits per heavy atom. The zero-order chi connectivity index (χ0) is 18.8. The minimum Gasteiger partial charge on any atom is -0.489 e. The number of fused-ring (bicyclic) bond motifs is 1. The molecular weight excluding hydrogens is 322 g/mol. The van der Waals surface area contributed by atoms with Gasteiger partial charge in [0.15, 0.2) is 0 Å². The minimum atomic E-state index is -0.658. The van der Waals surface area contributed by atoms with E-state index >= 15 is 0 Å². The average molecular weight is 349 g/mol. The minimum absolute atomic E-state index is 0.0826. The number of hydrogen-bond acceptors (Lipinski definition) is 5. The van der Waals surface area contributed by atoms with Crippen LogP contribution in [0.4, 0.5) is 5.69 Å². The van der Waals surface area contributed by atoms with Gasteiger partial charge in [-0.25, -0.2) is 0 Å². The van der Waals surface area contributed by atoms with Crippen molar-refractivity contribution in [2.24, 2.45) is 0 Å². The van der Waals surface area contributed by atoms with Crippen LogP contribution in [0.3, 0.4) is 0 Å². The first-order valence-electron chi connectivity index (χ1n) is 8.28. The summed E-state index contributed by atoms with van der Waals surface area (Å²) in [5.41, 5.74) is 0.706. The number of carbonyl (C=O) groups excluding carboxylic acids is 2. The molecule has 0 spiro atoms. The van der Waals surface area contributed by atoms with E-state index in [-0.39, 0.29) is 30.9 Å². The van der Waals surface area contributed by atoms with Crippen molar-refractivity contribution in [3.8, 4) is 5.75 Å². The van der Waals surface area contributed by atoms with Gasteiger partial charge < -0.3 is 25.0 Å². The number of likely N-dealkylation sites (N-methyl/N-ethyl adjacent to an activating group) is 1. The monoisotopic (exact) mass is 349 g/mol. The normalized spacial score (nSPS) is 16.7. The fraction of sp³-hybridized carbons (Fsp3) is 0.556. The third-order valence-electron chi connectivity index (χ3n) is 4.27. The van der Waals surface area contributed by atoms with Gasteiger partial charge in [0.05, 0.1) is 30.3 Å². The molecule has 0 fully saturated rings. The number of rotatable bonds is 5. The molecular formula is C18H27N3O4. The molecule has 0 aliphatic carbocycles. The number of ether oxygens (including phenoxy) is 1. The molecule has 1 heterocycles. The van der Waals surface area contributed by atoms with Crippen LogP contribution in [0, 0.1) is 0 Å². The van der Waals surface area contributed by atoms with Gasteiger partial charge in [0.2, 0.25) is 5.91 Å². The molecule has 0 saturated heterocycles. The molecule has 25 heavy (non-hydrogen) atoms. The zero-order valence-electron chi connectivity index (χ0n) is 15.5. The van der Waals surface area contributed by atoms with Crippen molar-refractivity contribution in [1.82, 2.24) is 10.2 Å². The number of nitrogens with one attached hydrogen (secondary N) is 1. The van der Waals surface area contributed by atoms with Gasteiger partial charge in [0, 0.05) is 26.7 Å². The Morgan fingerprint density at radius 3 is 2.68 bits per heavy atom. The molecule has 1 aliphatic rings. The molecule has 0 bridgehead atoms. The van der Waals surface area contributed by atoms with Crippen molar-refractivity contribution in [3.05, 3.63) is 23.8 Å². The molecule has 1 aromatic rings. The summed E-state index contributed by atoms with van der Waals surface area (Å²) in [4.78, 5) is 27.9. The maximum atomic E-state index is 12.2. The van der Waals surface area contributed by atoms with Crippen LogP contribution in [0.2, 0.25) is 0 Å². The summed E-state index contributed by atoms with van der Waals surface area (Å²) in [5.74, 6) is 0.467. The molecule has 1 aliphatic heterocycles. The van der Waals surface area contributed by atoms with E-state index in [0.717, 1.165) is 5.69 Å². The van der Waals surface area contributed by atoms with Crippen molar-refractivity contribution < 1.29 is 19.4 Å². The third kappa shape index (κ3) is 4.42. The SMILES string of the molecule is CN(C)C(=O)c1ccc2c(c1)N(C)[C@@H](CC(=O)NC(C)(C)CO)CO2. The standard InChI is InChI=1S/C18H27N3O4/c1-18(2,11-22)19-16(23)9-13-10-25-15-7-6-12(17(24)20(3)4)8-14(15)21(13)5/h6-8,13,22H,9-11H2,1-5H3,(H,19,23)/t13-/m0/s1. The Morgan fingerprint density at radius 1 is 1.40 bits per heavy atom. The molecule has 1 aromatic carbocycles. The lowest BCUT2D eigenvalue weighted by Gasteiger charge is -2.36. The van der Waals surface area contributed by atoms with Crippen LogP contribution < -0.4 is 15.0 Å². The zero-order valence-corrected chi connectivity index (χ0v) is 15.5. The van der Waals surface area contributed by atoms with Gasteiger partial charge in [-0.2, -0.15) is 0 Å².